The van der Waals surface area contributed by atoms with Crippen molar-refractivity contribution in [3.63, 3.8) is 0 Å². The van der Waals surface area contributed by atoms with Crippen molar-refractivity contribution in [3.8, 4) is 0 Å². The van der Waals surface area contributed by atoms with E-state index in [9.17, 15) is 10.0 Å². The SMILES string of the molecule is CNC(=O)c1nn(O)c2c1CCCCC2. The zero-order valence-corrected chi connectivity index (χ0v) is 8.79. The highest BCUT2D eigenvalue weighted by Gasteiger charge is 2.23. The van der Waals surface area contributed by atoms with E-state index in [0.717, 1.165) is 48.2 Å². The van der Waals surface area contributed by atoms with Gasteiger partial charge in [0.15, 0.2) is 5.69 Å². The van der Waals surface area contributed by atoms with Gasteiger partial charge in [0, 0.05) is 12.6 Å². The Labute approximate surface area is 88.0 Å². The minimum absolute atomic E-state index is 0.221. The Balaban J connectivity index is 2.44. The second-order valence-electron chi connectivity index (χ2n) is 3.80. The lowest BCUT2D eigenvalue weighted by atomic mass is 10.1. The van der Waals surface area contributed by atoms with Gasteiger partial charge in [-0.3, -0.25) is 4.79 Å². The molecule has 0 bridgehead atoms. The van der Waals surface area contributed by atoms with Gasteiger partial charge in [0.05, 0.1) is 5.69 Å². The lowest BCUT2D eigenvalue weighted by Crippen LogP contribution is -2.20. The van der Waals surface area contributed by atoms with Gasteiger partial charge in [-0.2, -0.15) is 0 Å². The van der Waals surface area contributed by atoms with Crippen LogP contribution in [0, 0.1) is 0 Å². The van der Waals surface area contributed by atoms with Crippen molar-refractivity contribution in [1.29, 1.82) is 0 Å². The van der Waals surface area contributed by atoms with Gasteiger partial charge in [-0.1, -0.05) is 6.42 Å². The molecule has 5 nitrogen and oxygen atoms in total. The molecule has 2 N–H and O–H groups in total. The van der Waals surface area contributed by atoms with Crippen molar-refractivity contribution in [2.24, 2.45) is 0 Å². The number of fused-ring (bicyclic) bond motifs is 1. The summed E-state index contributed by atoms with van der Waals surface area (Å²) in [6.07, 6.45) is 4.88. The molecule has 0 radical (unpaired) electrons. The van der Waals surface area contributed by atoms with Gasteiger partial charge in [-0.05, 0) is 25.7 Å². The van der Waals surface area contributed by atoms with Crippen LogP contribution in [0.1, 0.15) is 41.0 Å². The third-order valence-electron chi connectivity index (χ3n) is 2.85. The van der Waals surface area contributed by atoms with Gasteiger partial charge >= 0.3 is 0 Å². The maximum atomic E-state index is 11.5. The van der Waals surface area contributed by atoms with Crippen molar-refractivity contribution < 1.29 is 10.0 Å². The Morgan fingerprint density at radius 3 is 2.87 bits per heavy atom. The second kappa shape index (κ2) is 3.92. The van der Waals surface area contributed by atoms with Crippen molar-refractivity contribution in [3.05, 3.63) is 17.0 Å². The van der Waals surface area contributed by atoms with E-state index in [1.165, 1.54) is 0 Å². The van der Waals surface area contributed by atoms with Crippen LogP contribution in [0.25, 0.3) is 0 Å². The molecule has 1 amide bonds. The van der Waals surface area contributed by atoms with E-state index in [1.807, 2.05) is 0 Å². The van der Waals surface area contributed by atoms with E-state index in [2.05, 4.69) is 10.4 Å². The van der Waals surface area contributed by atoms with Crippen LogP contribution in [-0.2, 0) is 12.8 Å². The number of amides is 1. The average molecular weight is 209 g/mol. The fourth-order valence-corrected chi connectivity index (χ4v) is 2.06. The predicted octanol–water partition coefficient (Wildman–Crippen LogP) is 0.749. The first-order valence-electron chi connectivity index (χ1n) is 5.26. The van der Waals surface area contributed by atoms with Crippen molar-refractivity contribution in [2.75, 3.05) is 7.05 Å². The highest BCUT2D eigenvalue weighted by molar-refractivity contribution is 5.93. The summed E-state index contributed by atoms with van der Waals surface area (Å²) in [6, 6.07) is 0. The molecule has 1 aliphatic carbocycles. The van der Waals surface area contributed by atoms with E-state index in [1.54, 1.807) is 7.05 Å². The van der Waals surface area contributed by atoms with Crippen molar-refractivity contribution in [1.82, 2.24) is 15.3 Å². The molecule has 0 atom stereocenters. The van der Waals surface area contributed by atoms with Gasteiger partial charge < -0.3 is 10.5 Å². The third kappa shape index (κ3) is 1.69. The van der Waals surface area contributed by atoms with Crippen LogP contribution in [0.2, 0.25) is 0 Å². The van der Waals surface area contributed by atoms with E-state index in [0.29, 0.717) is 5.69 Å². The quantitative estimate of drug-likeness (QED) is 0.529. The Morgan fingerprint density at radius 2 is 2.13 bits per heavy atom. The lowest BCUT2D eigenvalue weighted by molar-refractivity contribution is 0.0942. The van der Waals surface area contributed by atoms with Crippen LogP contribution in [0.5, 0.6) is 0 Å². The number of carbonyl (C=O) groups excluding carboxylic acids is 1. The Hall–Kier alpha value is -1.52. The van der Waals surface area contributed by atoms with Gasteiger partial charge in [0.2, 0.25) is 0 Å². The van der Waals surface area contributed by atoms with E-state index >= 15 is 0 Å². The Kier molecular flexibility index (Phi) is 2.62. The summed E-state index contributed by atoms with van der Waals surface area (Å²) in [7, 11) is 1.57. The monoisotopic (exact) mass is 209 g/mol. The van der Waals surface area contributed by atoms with Gasteiger partial charge in [0.25, 0.3) is 5.91 Å². The van der Waals surface area contributed by atoms with Crippen LogP contribution in [0.15, 0.2) is 0 Å². The minimum Gasteiger partial charge on any atom is -0.411 e. The normalized spacial score (nSPS) is 15.5. The summed E-state index contributed by atoms with van der Waals surface area (Å²) in [6.45, 7) is 0. The van der Waals surface area contributed by atoms with Crippen LogP contribution >= 0.6 is 0 Å². The number of carbonyl (C=O) groups is 1. The van der Waals surface area contributed by atoms with Gasteiger partial charge in [0.1, 0.15) is 0 Å². The van der Waals surface area contributed by atoms with Crippen molar-refractivity contribution in [2.45, 2.75) is 32.1 Å². The fraction of sp³-hybridized carbons (Fsp3) is 0.600. The number of hydrogen-bond acceptors (Lipinski definition) is 3. The average Bonchev–Trinajstić information content (AvgIpc) is 2.45. The summed E-state index contributed by atoms with van der Waals surface area (Å²) >= 11 is 0. The highest BCUT2D eigenvalue weighted by atomic mass is 16.5. The first-order valence-corrected chi connectivity index (χ1v) is 5.26. The topological polar surface area (TPSA) is 67.2 Å². The number of rotatable bonds is 1. The van der Waals surface area contributed by atoms with Gasteiger partial charge in [-0.25, -0.2) is 0 Å². The molecular formula is C10H15N3O2. The largest absolute Gasteiger partial charge is 0.411 e. The van der Waals surface area contributed by atoms with E-state index in [4.69, 9.17) is 0 Å². The molecule has 0 saturated carbocycles. The summed E-state index contributed by atoms with van der Waals surface area (Å²) < 4.78 is 0. The zero-order chi connectivity index (χ0) is 10.8. The Morgan fingerprint density at radius 1 is 1.40 bits per heavy atom. The molecule has 0 fully saturated rings. The molecule has 1 aliphatic rings. The minimum atomic E-state index is -0.221. The van der Waals surface area contributed by atoms with Crippen LogP contribution < -0.4 is 5.32 Å². The maximum Gasteiger partial charge on any atom is 0.271 e. The number of nitrogens with zero attached hydrogens (tertiary/aromatic N) is 2. The smallest absolute Gasteiger partial charge is 0.271 e. The summed E-state index contributed by atoms with van der Waals surface area (Å²) in [5, 5.41) is 16.0. The molecule has 1 aromatic rings. The molecule has 0 aromatic carbocycles. The van der Waals surface area contributed by atoms with E-state index < -0.39 is 0 Å². The maximum absolute atomic E-state index is 11.5. The molecule has 1 aromatic heterocycles. The first kappa shape index (κ1) is 10.0. The molecule has 5 heteroatoms. The van der Waals surface area contributed by atoms with Crippen LogP contribution in [-0.4, -0.2) is 28.1 Å². The van der Waals surface area contributed by atoms with Crippen LogP contribution in [0.3, 0.4) is 0 Å². The van der Waals surface area contributed by atoms with Crippen molar-refractivity contribution >= 4 is 5.91 Å². The third-order valence-corrected chi connectivity index (χ3v) is 2.85. The molecule has 0 aliphatic heterocycles. The standard InChI is InChI=1S/C10H15N3O2/c1-11-10(14)9-7-5-3-2-4-6-8(7)13(15)12-9/h15H,2-6H2,1H3,(H,11,14). The molecule has 0 saturated heterocycles. The van der Waals surface area contributed by atoms with E-state index in [-0.39, 0.29) is 5.91 Å². The molecular weight excluding hydrogens is 194 g/mol. The summed E-state index contributed by atoms with van der Waals surface area (Å²) in [5.74, 6) is -0.221. The highest BCUT2D eigenvalue weighted by Crippen LogP contribution is 2.22. The molecule has 82 valence electrons. The Bertz CT molecular complexity index is 384. The fourth-order valence-electron chi connectivity index (χ4n) is 2.06. The predicted molar refractivity (Wildman–Crippen MR) is 54.1 cm³/mol. The first-order chi connectivity index (χ1) is 7.24. The molecule has 0 spiro atoms. The summed E-state index contributed by atoms with van der Waals surface area (Å²) in [5.41, 5.74) is 2.08. The molecule has 1 heterocycles. The summed E-state index contributed by atoms with van der Waals surface area (Å²) in [4.78, 5) is 12.4. The van der Waals surface area contributed by atoms with Gasteiger partial charge in [-0.15, -0.1) is 9.94 Å². The molecule has 15 heavy (non-hydrogen) atoms. The number of nitrogens with one attached hydrogen (secondary N) is 1. The lowest BCUT2D eigenvalue weighted by Gasteiger charge is -1.99. The number of aromatic nitrogens is 2. The number of hydrogen-bond donors (Lipinski definition) is 2. The van der Waals surface area contributed by atoms with Crippen LogP contribution in [0.4, 0.5) is 0 Å². The molecule has 0 unspecified atom stereocenters. The molecule has 2 rings (SSSR count). The second-order valence-corrected chi connectivity index (χ2v) is 3.80. The zero-order valence-electron chi connectivity index (χ0n) is 8.79.